The van der Waals surface area contributed by atoms with Gasteiger partial charge in [0.15, 0.2) is 0 Å². The number of ether oxygens (including phenoxy) is 1. The average Bonchev–Trinajstić information content (AvgIpc) is 2.77. The summed E-state index contributed by atoms with van der Waals surface area (Å²) in [6.45, 7) is 0.830. The van der Waals surface area contributed by atoms with Gasteiger partial charge in [0.05, 0.1) is 12.8 Å². The summed E-state index contributed by atoms with van der Waals surface area (Å²) in [6.07, 6.45) is 4.65. The molecule has 1 aromatic heterocycles. The van der Waals surface area contributed by atoms with E-state index in [1.54, 1.807) is 7.11 Å². The van der Waals surface area contributed by atoms with E-state index in [0.29, 0.717) is 0 Å². The molecular formula is C13H16BrN3O. The lowest BCUT2D eigenvalue weighted by Crippen LogP contribution is -2.09. The Kier molecular flexibility index (Phi) is 4.25. The molecule has 0 spiro atoms. The quantitative estimate of drug-likeness (QED) is 0.923. The molecule has 0 aliphatic carbocycles. The van der Waals surface area contributed by atoms with E-state index in [0.717, 1.165) is 34.7 Å². The first-order valence-corrected chi connectivity index (χ1v) is 6.53. The summed E-state index contributed by atoms with van der Waals surface area (Å²) < 4.78 is 8.26. The van der Waals surface area contributed by atoms with Gasteiger partial charge in [-0.15, -0.1) is 0 Å². The molecule has 0 saturated heterocycles. The second-order valence-corrected chi connectivity index (χ2v) is 4.83. The Morgan fingerprint density at radius 3 is 2.94 bits per heavy atom. The number of rotatable bonds is 5. The molecule has 2 rings (SSSR count). The average molecular weight is 310 g/mol. The molecule has 2 aromatic rings. The zero-order chi connectivity index (χ0) is 13.0. The van der Waals surface area contributed by atoms with Crippen LogP contribution in [0.15, 0.2) is 35.1 Å². The van der Waals surface area contributed by atoms with E-state index < -0.39 is 0 Å². The van der Waals surface area contributed by atoms with Crippen molar-refractivity contribution in [2.45, 2.75) is 6.42 Å². The lowest BCUT2D eigenvalue weighted by atomic mass is 10.3. The second-order valence-electron chi connectivity index (χ2n) is 3.98. The van der Waals surface area contributed by atoms with E-state index in [9.17, 15) is 0 Å². The molecule has 18 heavy (non-hydrogen) atoms. The first-order chi connectivity index (χ1) is 8.70. The van der Waals surface area contributed by atoms with Crippen molar-refractivity contribution in [3.63, 3.8) is 0 Å². The Morgan fingerprint density at radius 1 is 1.44 bits per heavy atom. The van der Waals surface area contributed by atoms with Crippen LogP contribution in [-0.2, 0) is 13.5 Å². The molecule has 5 heteroatoms. The molecule has 0 fully saturated rings. The number of aromatic nitrogens is 2. The molecule has 0 radical (unpaired) electrons. The highest BCUT2D eigenvalue weighted by Gasteiger charge is 2.03. The lowest BCUT2D eigenvalue weighted by Gasteiger charge is -2.10. The first-order valence-electron chi connectivity index (χ1n) is 5.74. The largest absolute Gasteiger partial charge is 0.497 e. The molecule has 0 atom stereocenters. The Hall–Kier alpha value is -1.49. The zero-order valence-electron chi connectivity index (χ0n) is 10.5. The maximum Gasteiger partial charge on any atom is 0.121 e. The lowest BCUT2D eigenvalue weighted by molar-refractivity contribution is 0.415. The molecule has 0 bridgehead atoms. The van der Waals surface area contributed by atoms with Crippen molar-refractivity contribution in [1.82, 2.24) is 9.55 Å². The summed E-state index contributed by atoms with van der Waals surface area (Å²) in [5.74, 6) is 1.92. The van der Waals surface area contributed by atoms with Gasteiger partial charge in [0.2, 0.25) is 0 Å². The van der Waals surface area contributed by atoms with Gasteiger partial charge in [-0.2, -0.15) is 0 Å². The SMILES string of the molecule is COc1ccc(Br)c(NCCc2nccn2C)c1. The van der Waals surface area contributed by atoms with Crippen LogP contribution in [0.1, 0.15) is 5.82 Å². The molecule has 0 amide bonds. The predicted molar refractivity (Wildman–Crippen MR) is 76.1 cm³/mol. The fraction of sp³-hybridized carbons (Fsp3) is 0.308. The molecule has 0 unspecified atom stereocenters. The molecule has 4 nitrogen and oxygen atoms in total. The summed E-state index contributed by atoms with van der Waals surface area (Å²) in [6, 6.07) is 5.87. The van der Waals surface area contributed by atoms with Crippen molar-refractivity contribution in [2.24, 2.45) is 7.05 Å². The van der Waals surface area contributed by atoms with Crippen molar-refractivity contribution in [1.29, 1.82) is 0 Å². The predicted octanol–water partition coefficient (Wildman–Crippen LogP) is 2.85. The van der Waals surface area contributed by atoms with E-state index in [1.165, 1.54) is 0 Å². The monoisotopic (exact) mass is 309 g/mol. The van der Waals surface area contributed by atoms with Crippen molar-refractivity contribution in [2.75, 3.05) is 19.0 Å². The van der Waals surface area contributed by atoms with Crippen molar-refractivity contribution >= 4 is 21.6 Å². The van der Waals surface area contributed by atoms with Gasteiger partial charge in [0, 0.05) is 42.9 Å². The number of hydrogen-bond donors (Lipinski definition) is 1. The normalized spacial score (nSPS) is 10.4. The number of anilines is 1. The van der Waals surface area contributed by atoms with Gasteiger partial charge in [0.1, 0.15) is 11.6 Å². The standard InChI is InChI=1S/C13H16BrN3O/c1-17-8-7-16-13(17)5-6-15-12-9-10(18-2)3-4-11(12)14/h3-4,7-9,15H,5-6H2,1-2H3. The number of nitrogens with one attached hydrogen (secondary N) is 1. The summed E-state index contributed by atoms with van der Waals surface area (Å²) in [7, 11) is 3.67. The highest BCUT2D eigenvalue weighted by atomic mass is 79.9. The second kappa shape index (κ2) is 5.91. The molecule has 0 saturated carbocycles. The minimum Gasteiger partial charge on any atom is -0.497 e. The van der Waals surface area contributed by atoms with Gasteiger partial charge in [-0.25, -0.2) is 4.98 Å². The van der Waals surface area contributed by atoms with Gasteiger partial charge >= 0.3 is 0 Å². The van der Waals surface area contributed by atoms with Crippen molar-refractivity contribution in [3.05, 3.63) is 40.9 Å². The number of nitrogens with zero attached hydrogens (tertiary/aromatic N) is 2. The van der Waals surface area contributed by atoms with Gasteiger partial charge in [-0.05, 0) is 28.1 Å². The van der Waals surface area contributed by atoms with E-state index in [2.05, 4.69) is 26.2 Å². The number of methoxy groups -OCH3 is 1. The molecule has 1 N–H and O–H groups in total. The maximum atomic E-state index is 5.20. The Labute approximate surface area is 115 Å². The van der Waals surface area contributed by atoms with Crippen LogP contribution in [-0.4, -0.2) is 23.2 Å². The van der Waals surface area contributed by atoms with Gasteiger partial charge in [-0.1, -0.05) is 0 Å². The summed E-state index contributed by atoms with van der Waals surface area (Å²) in [5, 5.41) is 3.37. The van der Waals surface area contributed by atoms with E-state index >= 15 is 0 Å². The summed E-state index contributed by atoms with van der Waals surface area (Å²) >= 11 is 3.51. The smallest absolute Gasteiger partial charge is 0.121 e. The van der Waals surface area contributed by atoms with E-state index in [1.807, 2.05) is 42.2 Å². The molecule has 96 valence electrons. The van der Waals surface area contributed by atoms with Crippen LogP contribution in [0.25, 0.3) is 0 Å². The minimum absolute atomic E-state index is 0.830. The maximum absolute atomic E-state index is 5.20. The molecular weight excluding hydrogens is 294 g/mol. The molecule has 1 aromatic carbocycles. The third-order valence-corrected chi connectivity index (χ3v) is 3.45. The van der Waals surface area contributed by atoms with Crippen LogP contribution in [0.4, 0.5) is 5.69 Å². The zero-order valence-corrected chi connectivity index (χ0v) is 12.1. The Bertz CT molecular complexity index is 525. The molecule has 0 aliphatic rings. The number of benzene rings is 1. The number of halogens is 1. The van der Waals surface area contributed by atoms with Crippen LogP contribution in [0, 0.1) is 0 Å². The van der Waals surface area contributed by atoms with Crippen LogP contribution in [0.2, 0.25) is 0 Å². The van der Waals surface area contributed by atoms with Gasteiger partial charge < -0.3 is 14.6 Å². The fourth-order valence-corrected chi connectivity index (χ4v) is 2.10. The Balaban J connectivity index is 1.96. The van der Waals surface area contributed by atoms with Crippen LogP contribution in [0.3, 0.4) is 0 Å². The van der Waals surface area contributed by atoms with Crippen molar-refractivity contribution in [3.8, 4) is 5.75 Å². The number of imidazole rings is 1. The van der Waals surface area contributed by atoms with Crippen molar-refractivity contribution < 1.29 is 4.74 Å². The van der Waals surface area contributed by atoms with Gasteiger partial charge in [-0.3, -0.25) is 0 Å². The summed E-state index contributed by atoms with van der Waals surface area (Å²) in [5.41, 5.74) is 1.03. The number of aryl methyl sites for hydroxylation is 1. The highest BCUT2D eigenvalue weighted by molar-refractivity contribution is 9.10. The summed E-state index contributed by atoms with van der Waals surface area (Å²) in [4.78, 5) is 4.29. The van der Waals surface area contributed by atoms with Crippen LogP contribution >= 0.6 is 15.9 Å². The molecule has 1 heterocycles. The topological polar surface area (TPSA) is 39.1 Å². The first kappa shape index (κ1) is 13.0. The van der Waals surface area contributed by atoms with E-state index in [4.69, 9.17) is 4.74 Å². The third kappa shape index (κ3) is 3.04. The number of hydrogen-bond acceptors (Lipinski definition) is 3. The molecule has 0 aliphatic heterocycles. The fourth-order valence-electron chi connectivity index (χ4n) is 1.71. The van der Waals surface area contributed by atoms with Crippen LogP contribution < -0.4 is 10.1 Å². The van der Waals surface area contributed by atoms with E-state index in [-0.39, 0.29) is 0 Å². The Morgan fingerprint density at radius 2 is 2.28 bits per heavy atom. The minimum atomic E-state index is 0.830. The highest BCUT2D eigenvalue weighted by Crippen LogP contribution is 2.26. The van der Waals surface area contributed by atoms with Crippen LogP contribution in [0.5, 0.6) is 5.75 Å². The van der Waals surface area contributed by atoms with Gasteiger partial charge in [0.25, 0.3) is 0 Å². The third-order valence-electron chi connectivity index (χ3n) is 2.76.